The van der Waals surface area contributed by atoms with Gasteiger partial charge in [-0.15, -0.1) is 0 Å². The number of hydrogen-bond donors (Lipinski definition) is 1. The molecular formula is C27H25ClF3NO2. The molecule has 0 radical (unpaired) electrons. The van der Waals surface area contributed by atoms with Gasteiger partial charge >= 0.3 is 12.1 Å². The van der Waals surface area contributed by atoms with Crippen molar-refractivity contribution >= 4 is 28.9 Å². The highest BCUT2D eigenvalue weighted by Gasteiger charge is 2.31. The van der Waals surface area contributed by atoms with Gasteiger partial charge < -0.3 is 10.0 Å². The number of hydrogen-bond acceptors (Lipinski definition) is 2. The lowest BCUT2D eigenvalue weighted by Crippen LogP contribution is -2.21. The van der Waals surface area contributed by atoms with Crippen molar-refractivity contribution in [1.82, 2.24) is 0 Å². The van der Waals surface area contributed by atoms with Crippen LogP contribution >= 0.6 is 11.6 Å². The summed E-state index contributed by atoms with van der Waals surface area (Å²) < 4.78 is 40.0. The fraction of sp³-hybridized carbons (Fsp3) is 0.222. The second kappa shape index (κ2) is 10.3. The first-order valence-electron chi connectivity index (χ1n) is 10.8. The Morgan fingerprint density at radius 2 is 1.71 bits per heavy atom. The van der Waals surface area contributed by atoms with Gasteiger partial charge in [0, 0.05) is 28.5 Å². The molecule has 3 nitrogen and oxygen atoms in total. The van der Waals surface area contributed by atoms with Gasteiger partial charge in [-0.1, -0.05) is 42.3 Å². The Balaban J connectivity index is 2.24. The molecular weight excluding hydrogens is 463 g/mol. The number of anilines is 2. The molecule has 34 heavy (non-hydrogen) atoms. The van der Waals surface area contributed by atoms with E-state index in [1.807, 2.05) is 30.9 Å². The molecule has 0 aromatic heterocycles. The smallest absolute Gasteiger partial charge is 0.416 e. The molecule has 0 aliphatic rings. The van der Waals surface area contributed by atoms with E-state index < -0.39 is 17.7 Å². The monoisotopic (exact) mass is 487 g/mol. The molecule has 178 valence electrons. The summed E-state index contributed by atoms with van der Waals surface area (Å²) in [6.07, 6.45) is -3.27. The van der Waals surface area contributed by atoms with Crippen molar-refractivity contribution in [3.05, 3.63) is 105 Å². The average Bonchev–Trinajstić information content (AvgIpc) is 2.79. The maximum Gasteiger partial charge on any atom is 0.416 e. The summed E-state index contributed by atoms with van der Waals surface area (Å²) in [5.41, 5.74) is 3.73. The number of aryl methyl sites for hydroxylation is 1. The minimum atomic E-state index is -4.46. The van der Waals surface area contributed by atoms with E-state index in [4.69, 9.17) is 11.6 Å². The van der Waals surface area contributed by atoms with Gasteiger partial charge in [-0.3, -0.25) is 0 Å². The lowest BCUT2D eigenvalue weighted by atomic mass is 10.00. The molecule has 0 heterocycles. The van der Waals surface area contributed by atoms with Crippen LogP contribution in [0.2, 0.25) is 5.02 Å². The van der Waals surface area contributed by atoms with Gasteiger partial charge in [-0.25, -0.2) is 4.79 Å². The first-order valence-corrected chi connectivity index (χ1v) is 11.1. The Bertz CT molecular complexity index is 1220. The van der Waals surface area contributed by atoms with E-state index in [0.29, 0.717) is 34.8 Å². The van der Waals surface area contributed by atoms with Crippen LogP contribution in [-0.2, 0) is 12.6 Å². The molecule has 3 rings (SSSR count). The van der Waals surface area contributed by atoms with E-state index in [-0.39, 0.29) is 5.56 Å². The minimum Gasteiger partial charge on any atom is -0.478 e. The number of rotatable bonds is 7. The van der Waals surface area contributed by atoms with E-state index >= 15 is 0 Å². The third-order valence-electron chi connectivity index (χ3n) is 5.69. The predicted molar refractivity (Wildman–Crippen MR) is 130 cm³/mol. The summed E-state index contributed by atoms with van der Waals surface area (Å²) in [6, 6.07) is 17.4. The van der Waals surface area contributed by atoms with Crippen LogP contribution in [0.25, 0.3) is 0 Å². The normalized spacial score (nSPS) is 12.3. The summed E-state index contributed by atoms with van der Waals surface area (Å²) in [4.78, 5) is 13.5. The van der Waals surface area contributed by atoms with Gasteiger partial charge in [-0.2, -0.15) is 13.2 Å². The van der Waals surface area contributed by atoms with E-state index in [0.717, 1.165) is 29.0 Å². The van der Waals surface area contributed by atoms with Crippen LogP contribution in [-0.4, -0.2) is 11.1 Å². The average molecular weight is 488 g/mol. The summed E-state index contributed by atoms with van der Waals surface area (Å²) >= 11 is 6.04. The molecule has 0 aliphatic heterocycles. The van der Waals surface area contributed by atoms with Crippen LogP contribution in [0.5, 0.6) is 0 Å². The topological polar surface area (TPSA) is 40.5 Å². The Morgan fingerprint density at radius 3 is 2.26 bits per heavy atom. The number of aromatic carboxylic acids is 1. The van der Waals surface area contributed by atoms with E-state index in [9.17, 15) is 23.1 Å². The standard InChI is InChI=1S/C27H25ClF3NO2/c1-4-17(2)25(15-19-8-11-22(28)12-9-19)32(23-7-5-6-20(16-23)26(33)34)24-13-10-21(14-18(24)3)27(29,30)31/h5-14,16H,4,15H2,1-3H3,(H,33,34)/b25-17+. The van der Waals surface area contributed by atoms with Crippen molar-refractivity contribution in [2.75, 3.05) is 4.90 Å². The molecule has 3 aromatic rings. The van der Waals surface area contributed by atoms with Gasteiger partial charge in [0.15, 0.2) is 0 Å². The predicted octanol–water partition coefficient (Wildman–Crippen LogP) is 8.43. The molecule has 3 aromatic carbocycles. The molecule has 0 fully saturated rings. The van der Waals surface area contributed by atoms with Crippen molar-refractivity contribution in [2.45, 2.75) is 39.8 Å². The van der Waals surface area contributed by atoms with Crippen molar-refractivity contribution in [3.8, 4) is 0 Å². The third-order valence-corrected chi connectivity index (χ3v) is 5.95. The number of carbonyl (C=O) groups is 1. The number of allylic oxidation sites excluding steroid dienone is 2. The molecule has 7 heteroatoms. The Hall–Kier alpha value is -3.25. The molecule has 0 bridgehead atoms. The number of alkyl halides is 3. The first-order chi connectivity index (χ1) is 16.0. The Labute approximate surface area is 202 Å². The molecule has 0 saturated heterocycles. The van der Waals surface area contributed by atoms with Crippen LogP contribution in [0.1, 0.15) is 47.3 Å². The van der Waals surface area contributed by atoms with Crippen LogP contribution < -0.4 is 4.90 Å². The third kappa shape index (κ3) is 5.81. The second-order valence-corrected chi connectivity index (χ2v) is 8.51. The largest absolute Gasteiger partial charge is 0.478 e. The van der Waals surface area contributed by atoms with E-state index in [1.165, 1.54) is 18.2 Å². The number of halogens is 4. The van der Waals surface area contributed by atoms with Crippen LogP contribution in [0, 0.1) is 6.92 Å². The Morgan fingerprint density at radius 1 is 1.03 bits per heavy atom. The Kier molecular flexibility index (Phi) is 7.72. The van der Waals surface area contributed by atoms with Crippen LogP contribution in [0.4, 0.5) is 24.5 Å². The highest BCUT2D eigenvalue weighted by atomic mass is 35.5. The summed E-state index contributed by atoms with van der Waals surface area (Å²) in [5, 5.41) is 10.1. The summed E-state index contributed by atoms with van der Waals surface area (Å²) in [5.74, 6) is -1.08. The molecule has 0 aliphatic carbocycles. The fourth-order valence-electron chi connectivity index (χ4n) is 3.72. The molecule has 1 N–H and O–H groups in total. The quantitative estimate of drug-likeness (QED) is 0.363. The van der Waals surface area contributed by atoms with Crippen molar-refractivity contribution in [1.29, 1.82) is 0 Å². The zero-order valence-electron chi connectivity index (χ0n) is 19.1. The van der Waals surface area contributed by atoms with Crippen molar-refractivity contribution in [2.24, 2.45) is 0 Å². The van der Waals surface area contributed by atoms with Gasteiger partial charge in [0.05, 0.1) is 11.1 Å². The highest BCUT2D eigenvalue weighted by Crippen LogP contribution is 2.39. The molecule has 0 amide bonds. The number of benzene rings is 3. The van der Waals surface area contributed by atoms with Crippen LogP contribution in [0.3, 0.4) is 0 Å². The summed E-state index contributed by atoms with van der Waals surface area (Å²) in [6.45, 7) is 5.60. The number of nitrogens with zero attached hydrogens (tertiary/aromatic N) is 1. The van der Waals surface area contributed by atoms with Crippen molar-refractivity contribution in [3.63, 3.8) is 0 Å². The zero-order valence-corrected chi connectivity index (χ0v) is 19.8. The zero-order chi connectivity index (χ0) is 25.0. The van der Waals surface area contributed by atoms with Gasteiger partial charge in [0.2, 0.25) is 0 Å². The van der Waals surface area contributed by atoms with Gasteiger partial charge in [0.25, 0.3) is 0 Å². The van der Waals surface area contributed by atoms with E-state index in [2.05, 4.69) is 0 Å². The molecule has 0 spiro atoms. The highest BCUT2D eigenvalue weighted by molar-refractivity contribution is 6.30. The molecule has 0 atom stereocenters. The number of carboxylic acids is 1. The SMILES string of the molecule is CC/C(C)=C(\Cc1ccc(Cl)cc1)N(c1cccc(C(=O)O)c1)c1ccc(C(F)(F)F)cc1C. The fourth-order valence-corrected chi connectivity index (χ4v) is 3.85. The first kappa shape index (κ1) is 25.4. The minimum absolute atomic E-state index is 0.0899. The number of carboxylic acid groups (broad SMARTS) is 1. The molecule has 0 unspecified atom stereocenters. The van der Waals surface area contributed by atoms with Crippen LogP contribution in [0.15, 0.2) is 78.0 Å². The lowest BCUT2D eigenvalue weighted by Gasteiger charge is -2.32. The molecule has 0 saturated carbocycles. The summed E-state index contributed by atoms with van der Waals surface area (Å²) in [7, 11) is 0. The second-order valence-electron chi connectivity index (χ2n) is 8.07. The maximum absolute atomic E-state index is 13.3. The maximum atomic E-state index is 13.3. The lowest BCUT2D eigenvalue weighted by molar-refractivity contribution is -0.137. The van der Waals surface area contributed by atoms with Crippen molar-refractivity contribution < 1.29 is 23.1 Å². The van der Waals surface area contributed by atoms with Gasteiger partial charge in [-0.05, 0) is 79.9 Å². The van der Waals surface area contributed by atoms with E-state index in [1.54, 1.807) is 31.2 Å². The van der Waals surface area contributed by atoms with Gasteiger partial charge in [0.1, 0.15) is 0 Å².